The van der Waals surface area contributed by atoms with Gasteiger partial charge < -0.3 is 10.2 Å². The lowest BCUT2D eigenvalue weighted by Gasteiger charge is -2.28. The number of anilines is 1. The molecule has 1 aliphatic heterocycles. The molecule has 0 radical (unpaired) electrons. The van der Waals surface area contributed by atoms with Gasteiger partial charge in [-0.2, -0.15) is 0 Å². The molecule has 0 aromatic carbocycles. The molecule has 0 saturated carbocycles. The third kappa shape index (κ3) is 2.29. The fourth-order valence-corrected chi connectivity index (χ4v) is 2.16. The van der Waals surface area contributed by atoms with Gasteiger partial charge >= 0.3 is 0 Å². The topological polar surface area (TPSA) is 53.9 Å². The van der Waals surface area contributed by atoms with E-state index in [-0.39, 0.29) is 0 Å². The molecule has 0 atom stereocenters. The molecule has 0 unspecified atom stereocenters. The van der Waals surface area contributed by atoms with Crippen molar-refractivity contribution in [3.63, 3.8) is 0 Å². The Labute approximate surface area is 96.3 Å². The number of nitrogens with one attached hydrogen (secondary N) is 1. The Morgan fingerprint density at radius 2 is 1.94 bits per heavy atom. The maximum Gasteiger partial charge on any atom is 0.151 e. The highest BCUT2D eigenvalue weighted by Gasteiger charge is 2.23. The van der Waals surface area contributed by atoms with E-state index in [1.807, 2.05) is 14.0 Å². The van der Waals surface area contributed by atoms with E-state index in [1.54, 1.807) is 0 Å². The number of nitrogens with zero attached hydrogens (tertiary/aromatic N) is 4. The first-order valence-corrected chi connectivity index (χ1v) is 5.78. The first kappa shape index (κ1) is 11.3. The standard InChI is InChI=1S/C11H19N5/c1-8-13-11(12-2)10(15-14-8)9-4-6-16(3)7-5-9/h9H,4-7H2,1-3H3,(H,12,13,14). The second-order valence-corrected chi connectivity index (χ2v) is 4.42. The molecule has 5 nitrogen and oxygen atoms in total. The molecule has 16 heavy (non-hydrogen) atoms. The largest absolute Gasteiger partial charge is 0.372 e. The van der Waals surface area contributed by atoms with Crippen molar-refractivity contribution in [2.45, 2.75) is 25.7 Å². The van der Waals surface area contributed by atoms with Crippen molar-refractivity contribution in [2.24, 2.45) is 0 Å². The van der Waals surface area contributed by atoms with Crippen LogP contribution in [-0.2, 0) is 0 Å². The van der Waals surface area contributed by atoms with Crippen molar-refractivity contribution in [2.75, 3.05) is 32.5 Å². The summed E-state index contributed by atoms with van der Waals surface area (Å²) in [5, 5.41) is 11.5. The van der Waals surface area contributed by atoms with Crippen LogP contribution < -0.4 is 5.32 Å². The molecule has 0 bridgehead atoms. The molecule has 1 aliphatic rings. The average Bonchev–Trinajstić information content (AvgIpc) is 2.30. The number of piperidine rings is 1. The van der Waals surface area contributed by atoms with Gasteiger partial charge in [0, 0.05) is 13.0 Å². The Hall–Kier alpha value is -1.23. The van der Waals surface area contributed by atoms with Gasteiger partial charge in [-0.15, -0.1) is 10.2 Å². The highest BCUT2D eigenvalue weighted by molar-refractivity contribution is 5.40. The van der Waals surface area contributed by atoms with E-state index in [2.05, 4.69) is 32.4 Å². The van der Waals surface area contributed by atoms with Crippen LogP contribution in [0.4, 0.5) is 5.82 Å². The summed E-state index contributed by atoms with van der Waals surface area (Å²) in [6.45, 7) is 4.12. The second-order valence-electron chi connectivity index (χ2n) is 4.42. The highest BCUT2D eigenvalue weighted by atomic mass is 15.2. The van der Waals surface area contributed by atoms with E-state index in [4.69, 9.17) is 0 Å². The Bertz CT molecular complexity index is 357. The van der Waals surface area contributed by atoms with Crippen molar-refractivity contribution in [1.29, 1.82) is 0 Å². The summed E-state index contributed by atoms with van der Waals surface area (Å²) in [5.41, 5.74) is 1.03. The second kappa shape index (κ2) is 4.74. The molecule has 5 heteroatoms. The SMILES string of the molecule is CNc1nc(C)nnc1C1CCN(C)CC1. The van der Waals surface area contributed by atoms with E-state index in [9.17, 15) is 0 Å². The Balaban J connectivity index is 2.19. The number of rotatable bonds is 2. The molecule has 1 aromatic rings. The Morgan fingerprint density at radius 1 is 1.25 bits per heavy atom. The van der Waals surface area contributed by atoms with E-state index in [0.29, 0.717) is 5.92 Å². The first-order chi connectivity index (χ1) is 7.70. The number of aryl methyl sites for hydroxylation is 1. The minimum absolute atomic E-state index is 0.499. The Morgan fingerprint density at radius 3 is 2.56 bits per heavy atom. The highest BCUT2D eigenvalue weighted by Crippen LogP contribution is 2.29. The van der Waals surface area contributed by atoms with Crippen molar-refractivity contribution >= 4 is 5.82 Å². The van der Waals surface area contributed by atoms with Crippen LogP contribution in [0, 0.1) is 6.92 Å². The summed E-state index contributed by atoms with van der Waals surface area (Å²) < 4.78 is 0. The molecule has 2 rings (SSSR count). The fraction of sp³-hybridized carbons (Fsp3) is 0.727. The molecule has 88 valence electrons. The molecular formula is C11H19N5. The van der Waals surface area contributed by atoms with Gasteiger partial charge in [0.1, 0.15) is 11.5 Å². The smallest absolute Gasteiger partial charge is 0.151 e. The number of hydrogen-bond donors (Lipinski definition) is 1. The van der Waals surface area contributed by atoms with E-state index >= 15 is 0 Å². The van der Waals surface area contributed by atoms with Gasteiger partial charge in [-0.25, -0.2) is 4.98 Å². The van der Waals surface area contributed by atoms with E-state index < -0.39 is 0 Å². The van der Waals surface area contributed by atoms with Gasteiger partial charge in [-0.1, -0.05) is 0 Å². The summed E-state index contributed by atoms with van der Waals surface area (Å²) in [7, 11) is 4.05. The van der Waals surface area contributed by atoms with Gasteiger partial charge in [0.25, 0.3) is 0 Å². The summed E-state index contributed by atoms with van der Waals surface area (Å²) in [5.74, 6) is 2.11. The maximum absolute atomic E-state index is 4.39. The van der Waals surface area contributed by atoms with Crippen LogP contribution in [0.25, 0.3) is 0 Å². The number of likely N-dealkylation sites (tertiary alicyclic amines) is 1. The zero-order valence-electron chi connectivity index (χ0n) is 10.2. The lowest BCUT2D eigenvalue weighted by atomic mass is 9.93. The minimum Gasteiger partial charge on any atom is -0.372 e. The number of aromatic nitrogens is 3. The predicted molar refractivity (Wildman–Crippen MR) is 63.6 cm³/mol. The Kier molecular flexibility index (Phi) is 3.33. The first-order valence-electron chi connectivity index (χ1n) is 5.78. The molecule has 0 spiro atoms. The number of hydrogen-bond acceptors (Lipinski definition) is 5. The molecule has 2 heterocycles. The van der Waals surface area contributed by atoms with Crippen molar-refractivity contribution < 1.29 is 0 Å². The summed E-state index contributed by atoms with van der Waals surface area (Å²) >= 11 is 0. The van der Waals surface area contributed by atoms with Crippen LogP contribution in [0.1, 0.15) is 30.3 Å². The third-order valence-corrected chi connectivity index (χ3v) is 3.16. The molecule has 1 fully saturated rings. The minimum atomic E-state index is 0.499. The zero-order chi connectivity index (χ0) is 11.5. The third-order valence-electron chi connectivity index (χ3n) is 3.16. The molecular weight excluding hydrogens is 202 g/mol. The quantitative estimate of drug-likeness (QED) is 0.808. The van der Waals surface area contributed by atoms with Crippen LogP contribution in [0.5, 0.6) is 0 Å². The van der Waals surface area contributed by atoms with E-state index in [1.165, 1.54) is 0 Å². The normalized spacial score (nSPS) is 18.7. The molecule has 1 aromatic heterocycles. The van der Waals surface area contributed by atoms with Crippen LogP contribution >= 0.6 is 0 Å². The van der Waals surface area contributed by atoms with Crippen molar-refractivity contribution in [1.82, 2.24) is 20.1 Å². The zero-order valence-corrected chi connectivity index (χ0v) is 10.2. The lowest BCUT2D eigenvalue weighted by molar-refractivity contribution is 0.253. The summed E-state index contributed by atoms with van der Waals surface area (Å²) in [6, 6.07) is 0. The van der Waals surface area contributed by atoms with Crippen LogP contribution in [0.15, 0.2) is 0 Å². The average molecular weight is 221 g/mol. The van der Waals surface area contributed by atoms with Gasteiger partial charge in [0.15, 0.2) is 5.82 Å². The summed E-state index contributed by atoms with van der Waals surface area (Å²) in [4.78, 5) is 6.74. The van der Waals surface area contributed by atoms with Crippen molar-refractivity contribution in [3.8, 4) is 0 Å². The van der Waals surface area contributed by atoms with Gasteiger partial charge in [0.05, 0.1) is 0 Å². The molecule has 1 N–H and O–H groups in total. The predicted octanol–water partition coefficient (Wildman–Crippen LogP) is 1.03. The molecule has 0 amide bonds. The van der Waals surface area contributed by atoms with Crippen LogP contribution in [0.3, 0.4) is 0 Å². The van der Waals surface area contributed by atoms with Gasteiger partial charge in [-0.3, -0.25) is 0 Å². The van der Waals surface area contributed by atoms with E-state index in [0.717, 1.165) is 43.3 Å². The molecule has 0 aliphatic carbocycles. The monoisotopic (exact) mass is 221 g/mol. The van der Waals surface area contributed by atoms with Crippen LogP contribution in [0.2, 0.25) is 0 Å². The summed E-state index contributed by atoms with van der Waals surface area (Å²) in [6.07, 6.45) is 2.29. The van der Waals surface area contributed by atoms with Crippen molar-refractivity contribution in [3.05, 3.63) is 11.5 Å². The maximum atomic E-state index is 4.39. The van der Waals surface area contributed by atoms with Gasteiger partial charge in [-0.05, 0) is 39.9 Å². The fourth-order valence-electron chi connectivity index (χ4n) is 2.16. The van der Waals surface area contributed by atoms with Crippen LogP contribution in [-0.4, -0.2) is 47.3 Å². The molecule has 1 saturated heterocycles. The van der Waals surface area contributed by atoms with Gasteiger partial charge in [0.2, 0.25) is 0 Å². The lowest BCUT2D eigenvalue weighted by Crippen LogP contribution is -2.30.